The summed E-state index contributed by atoms with van der Waals surface area (Å²) in [5, 5.41) is 0. The van der Waals surface area contributed by atoms with Crippen molar-refractivity contribution in [1.82, 2.24) is 14.1 Å². The van der Waals surface area contributed by atoms with Gasteiger partial charge in [0.2, 0.25) is 10.0 Å². The first-order chi connectivity index (χ1) is 15.3. The van der Waals surface area contributed by atoms with Crippen LogP contribution in [0.15, 0.2) is 17.0 Å². The summed E-state index contributed by atoms with van der Waals surface area (Å²) >= 11 is 0. The van der Waals surface area contributed by atoms with Gasteiger partial charge >= 0.3 is 6.09 Å². The summed E-state index contributed by atoms with van der Waals surface area (Å²) in [5.74, 6) is 0.303. The van der Waals surface area contributed by atoms with Gasteiger partial charge in [0.15, 0.2) is 0 Å². The van der Waals surface area contributed by atoms with Gasteiger partial charge in [0.25, 0.3) is 5.91 Å². The van der Waals surface area contributed by atoms with E-state index in [0.717, 1.165) is 18.4 Å². The summed E-state index contributed by atoms with van der Waals surface area (Å²) in [6.45, 7) is 13.7. The van der Waals surface area contributed by atoms with Gasteiger partial charge < -0.3 is 14.5 Å². The zero-order valence-corrected chi connectivity index (χ0v) is 21.5. The molecule has 2 fully saturated rings. The normalized spacial score (nSPS) is 19.0. The van der Waals surface area contributed by atoms with Crippen molar-refractivity contribution in [3.05, 3.63) is 28.8 Å². The molecule has 2 aliphatic heterocycles. The molecule has 0 unspecified atom stereocenters. The van der Waals surface area contributed by atoms with Gasteiger partial charge in [0.05, 0.1) is 4.90 Å². The maximum Gasteiger partial charge on any atom is 0.410 e. The van der Waals surface area contributed by atoms with Crippen LogP contribution < -0.4 is 0 Å². The fraction of sp³-hybridized carbons (Fsp3) is 0.667. The van der Waals surface area contributed by atoms with Crippen molar-refractivity contribution in [1.29, 1.82) is 0 Å². The van der Waals surface area contributed by atoms with E-state index in [0.29, 0.717) is 56.3 Å². The first-order valence-corrected chi connectivity index (χ1v) is 13.1. The Kier molecular flexibility index (Phi) is 7.43. The summed E-state index contributed by atoms with van der Waals surface area (Å²) < 4.78 is 33.7. The molecule has 1 aromatic rings. The molecular weight excluding hydrogens is 442 g/mol. The Morgan fingerprint density at radius 3 is 2.03 bits per heavy atom. The van der Waals surface area contributed by atoms with E-state index < -0.39 is 15.6 Å². The highest BCUT2D eigenvalue weighted by Crippen LogP contribution is 2.28. The molecule has 8 nitrogen and oxygen atoms in total. The number of nitrogens with zero attached hydrogens (tertiary/aromatic N) is 3. The van der Waals surface area contributed by atoms with Gasteiger partial charge in [0, 0.05) is 44.8 Å². The minimum absolute atomic E-state index is 0.216. The van der Waals surface area contributed by atoms with Crippen molar-refractivity contribution in [2.75, 3.05) is 39.3 Å². The predicted molar refractivity (Wildman–Crippen MR) is 127 cm³/mol. The number of rotatable bonds is 3. The number of carbonyl (C=O) groups excluding carboxylic acids is 2. The monoisotopic (exact) mass is 479 g/mol. The number of sulfonamides is 1. The summed E-state index contributed by atoms with van der Waals surface area (Å²) in [4.78, 5) is 29.0. The molecule has 0 spiro atoms. The smallest absolute Gasteiger partial charge is 0.410 e. The predicted octanol–water partition coefficient (Wildman–Crippen LogP) is 3.42. The van der Waals surface area contributed by atoms with Gasteiger partial charge in [-0.15, -0.1) is 0 Å². The van der Waals surface area contributed by atoms with Crippen molar-refractivity contribution < 1.29 is 22.7 Å². The highest BCUT2D eigenvalue weighted by Gasteiger charge is 2.32. The van der Waals surface area contributed by atoms with E-state index in [-0.39, 0.29) is 16.9 Å². The first-order valence-electron chi connectivity index (χ1n) is 11.7. The number of benzene rings is 1. The molecule has 33 heavy (non-hydrogen) atoms. The van der Waals surface area contributed by atoms with Crippen molar-refractivity contribution in [3.8, 4) is 0 Å². The summed E-state index contributed by atoms with van der Waals surface area (Å²) in [7, 11) is -3.67. The molecule has 3 rings (SSSR count). The number of piperazine rings is 1. The maximum atomic E-state index is 13.4. The molecule has 0 aliphatic carbocycles. The largest absolute Gasteiger partial charge is 0.444 e. The number of hydrogen-bond acceptors (Lipinski definition) is 5. The molecule has 2 amide bonds. The van der Waals surface area contributed by atoms with Crippen LogP contribution in [-0.2, 0) is 14.8 Å². The Hall–Kier alpha value is -2.13. The van der Waals surface area contributed by atoms with E-state index in [1.165, 1.54) is 6.07 Å². The lowest BCUT2D eigenvalue weighted by Gasteiger charge is -2.35. The quantitative estimate of drug-likeness (QED) is 0.663. The molecule has 2 heterocycles. The first kappa shape index (κ1) is 25.5. The maximum absolute atomic E-state index is 13.4. The van der Waals surface area contributed by atoms with E-state index in [1.807, 2.05) is 27.7 Å². The van der Waals surface area contributed by atoms with Gasteiger partial charge in [-0.2, -0.15) is 4.31 Å². The fourth-order valence-electron chi connectivity index (χ4n) is 4.18. The molecule has 9 heteroatoms. The van der Waals surface area contributed by atoms with Crippen LogP contribution in [-0.4, -0.2) is 79.4 Å². The Labute approximate surface area is 197 Å². The molecular formula is C24H37N3O5S. The van der Waals surface area contributed by atoms with E-state index in [2.05, 4.69) is 6.92 Å². The number of aryl methyl sites for hydroxylation is 1. The number of ether oxygens (including phenoxy) is 1. The van der Waals surface area contributed by atoms with Gasteiger partial charge in [-0.3, -0.25) is 4.79 Å². The molecule has 0 saturated carbocycles. The van der Waals surface area contributed by atoms with Crippen LogP contribution in [0.25, 0.3) is 0 Å². The summed E-state index contributed by atoms with van der Waals surface area (Å²) in [5.41, 5.74) is 1.25. The third-order valence-electron chi connectivity index (χ3n) is 6.45. The zero-order valence-electron chi connectivity index (χ0n) is 20.7. The SMILES string of the molecule is Cc1cc(C(=O)N2CCN(C(=O)OC(C)(C)C)CC2)cc(S(=O)(=O)N2CCC(C)CC2)c1C. The Balaban J connectivity index is 1.76. The second-order valence-electron chi connectivity index (χ2n) is 10.3. The van der Waals surface area contributed by atoms with E-state index in [1.54, 1.807) is 27.1 Å². The van der Waals surface area contributed by atoms with E-state index in [4.69, 9.17) is 4.74 Å². The van der Waals surface area contributed by atoms with Crippen LogP contribution >= 0.6 is 0 Å². The van der Waals surface area contributed by atoms with Crippen LogP contribution in [0.3, 0.4) is 0 Å². The summed E-state index contributed by atoms with van der Waals surface area (Å²) in [6.07, 6.45) is 1.31. The average molecular weight is 480 g/mol. The Morgan fingerprint density at radius 2 is 1.48 bits per heavy atom. The second-order valence-corrected chi connectivity index (χ2v) is 12.2. The average Bonchev–Trinajstić information content (AvgIpc) is 2.74. The lowest BCUT2D eigenvalue weighted by Crippen LogP contribution is -2.51. The van der Waals surface area contributed by atoms with Gasteiger partial charge in [-0.1, -0.05) is 6.92 Å². The van der Waals surface area contributed by atoms with Crippen LogP contribution in [0.1, 0.15) is 62.0 Å². The summed E-state index contributed by atoms with van der Waals surface area (Å²) in [6, 6.07) is 3.29. The number of hydrogen-bond donors (Lipinski definition) is 0. The second kappa shape index (κ2) is 9.62. The molecule has 2 saturated heterocycles. The zero-order chi connectivity index (χ0) is 24.6. The Morgan fingerprint density at radius 1 is 0.939 bits per heavy atom. The lowest BCUT2D eigenvalue weighted by molar-refractivity contribution is 0.0141. The third-order valence-corrected chi connectivity index (χ3v) is 8.47. The highest BCUT2D eigenvalue weighted by atomic mass is 32.2. The number of carbonyl (C=O) groups is 2. The number of amides is 2. The van der Waals surface area contributed by atoms with Gasteiger partial charge in [0.1, 0.15) is 5.60 Å². The van der Waals surface area contributed by atoms with E-state index in [9.17, 15) is 18.0 Å². The lowest BCUT2D eigenvalue weighted by atomic mass is 10.0. The van der Waals surface area contributed by atoms with Crippen molar-refractivity contribution >= 4 is 22.0 Å². The van der Waals surface area contributed by atoms with Crippen LogP contribution in [0.5, 0.6) is 0 Å². The van der Waals surface area contributed by atoms with Crippen molar-refractivity contribution in [3.63, 3.8) is 0 Å². The minimum atomic E-state index is -3.67. The minimum Gasteiger partial charge on any atom is -0.444 e. The molecule has 2 aliphatic rings. The molecule has 0 atom stereocenters. The van der Waals surface area contributed by atoms with Crippen LogP contribution in [0.2, 0.25) is 0 Å². The molecule has 0 radical (unpaired) electrons. The van der Waals surface area contributed by atoms with Crippen LogP contribution in [0, 0.1) is 19.8 Å². The fourth-order valence-corrected chi connectivity index (χ4v) is 5.98. The van der Waals surface area contributed by atoms with Crippen molar-refractivity contribution in [2.45, 2.75) is 64.9 Å². The van der Waals surface area contributed by atoms with Crippen LogP contribution in [0.4, 0.5) is 4.79 Å². The standard InChI is InChI=1S/C24H37N3O5S/c1-17-7-9-27(10-8-17)33(30,31)21-16-20(15-18(2)19(21)3)22(28)25-11-13-26(14-12-25)23(29)32-24(4,5)6/h15-17H,7-14H2,1-6H3. The van der Waals surface area contributed by atoms with Gasteiger partial charge in [-0.25, -0.2) is 13.2 Å². The molecule has 0 aromatic heterocycles. The molecule has 1 aromatic carbocycles. The topological polar surface area (TPSA) is 87.2 Å². The Bertz CT molecular complexity index is 1000. The van der Waals surface area contributed by atoms with Crippen molar-refractivity contribution in [2.24, 2.45) is 5.92 Å². The van der Waals surface area contributed by atoms with E-state index >= 15 is 0 Å². The number of piperidine rings is 1. The molecule has 184 valence electrons. The van der Waals surface area contributed by atoms with Gasteiger partial charge in [-0.05, 0) is 76.6 Å². The highest BCUT2D eigenvalue weighted by molar-refractivity contribution is 7.89. The molecule has 0 bridgehead atoms. The third kappa shape index (κ3) is 5.87. The molecule has 0 N–H and O–H groups in total.